The highest BCUT2D eigenvalue weighted by atomic mass is 16.2. The van der Waals surface area contributed by atoms with Crippen LogP contribution in [0.1, 0.15) is 19.8 Å². The molecule has 1 saturated heterocycles. The summed E-state index contributed by atoms with van der Waals surface area (Å²) in [5.41, 5.74) is 4.87. The first kappa shape index (κ1) is 12.9. The van der Waals surface area contributed by atoms with E-state index in [0.717, 1.165) is 32.5 Å². The van der Waals surface area contributed by atoms with Gasteiger partial charge in [0.15, 0.2) is 0 Å². The summed E-state index contributed by atoms with van der Waals surface area (Å²) in [6, 6.07) is -0.342. The second-order valence-corrected chi connectivity index (χ2v) is 4.04. The minimum Gasteiger partial charge on any atom is -0.351 e. The predicted molar refractivity (Wildman–Crippen MR) is 60.9 cm³/mol. The van der Waals surface area contributed by atoms with Crippen LogP contribution < -0.4 is 16.4 Å². The number of nitrogens with one attached hydrogen (secondary N) is 2. The van der Waals surface area contributed by atoms with Gasteiger partial charge in [0.2, 0.25) is 5.91 Å². The Morgan fingerprint density at radius 2 is 2.25 bits per heavy atom. The number of hydrogen-bond donors (Lipinski definition) is 3. The van der Waals surface area contributed by atoms with Crippen molar-refractivity contribution in [3.05, 3.63) is 0 Å². The van der Waals surface area contributed by atoms with E-state index in [2.05, 4.69) is 17.6 Å². The molecule has 0 spiro atoms. The lowest BCUT2D eigenvalue weighted by atomic mass is 10.1. The first-order valence-electron chi connectivity index (χ1n) is 5.66. The SMILES string of the molecule is CCNC1CCCN(CC(=O)NC(N)=O)C1. The molecule has 1 rings (SSSR count). The van der Waals surface area contributed by atoms with Gasteiger partial charge in [-0.25, -0.2) is 4.79 Å². The molecule has 1 aliphatic heterocycles. The number of nitrogens with two attached hydrogens (primary N) is 1. The Morgan fingerprint density at radius 1 is 1.50 bits per heavy atom. The van der Waals surface area contributed by atoms with Crippen molar-refractivity contribution in [1.82, 2.24) is 15.5 Å². The van der Waals surface area contributed by atoms with Gasteiger partial charge in [-0.2, -0.15) is 0 Å². The summed E-state index contributed by atoms with van der Waals surface area (Å²) in [7, 11) is 0. The number of likely N-dealkylation sites (tertiary alicyclic amines) is 1. The van der Waals surface area contributed by atoms with E-state index >= 15 is 0 Å². The standard InChI is InChI=1S/C10H20N4O2/c1-2-12-8-4-3-5-14(6-8)7-9(15)13-10(11)16/h8,12H,2-7H2,1H3,(H3,11,13,15,16). The van der Waals surface area contributed by atoms with Gasteiger partial charge in [0.25, 0.3) is 0 Å². The van der Waals surface area contributed by atoms with Gasteiger partial charge in [-0.3, -0.25) is 15.0 Å². The van der Waals surface area contributed by atoms with Crippen molar-refractivity contribution in [2.45, 2.75) is 25.8 Å². The summed E-state index contributed by atoms with van der Waals surface area (Å²) in [5, 5.41) is 5.44. The van der Waals surface area contributed by atoms with Gasteiger partial charge in [0.05, 0.1) is 6.54 Å². The Kier molecular flexibility index (Phi) is 5.21. The molecule has 0 aromatic rings. The first-order valence-corrected chi connectivity index (χ1v) is 5.66. The Bertz CT molecular complexity index is 255. The molecule has 3 amide bonds. The van der Waals surface area contributed by atoms with E-state index in [1.165, 1.54) is 0 Å². The van der Waals surface area contributed by atoms with Crippen LogP contribution in [0.5, 0.6) is 0 Å². The minimum atomic E-state index is -0.787. The Labute approximate surface area is 95.5 Å². The maximum Gasteiger partial charge on any atom is 0.318 e. The van der Waals surface area contributed by atoms with Gasteiger partial charge in [-0.05, 0) is 25.9 Å². The molecular formula is C10H20N4O2. The average molecular weight is 228 g/mol. The second-order valence-electron chi connectivity index (χ2n) is 4.04. The molecule has 1 aliphatic rings. The molecular weight excluding hydrogens is 208 g/mol. The zero-order chi connectivity index (χ0) is 12.0. The van der Waals surface area contributed by atoms with E-state index in [1.54, 1.807) is 0 Å². The van der Waals surface area contributed by atoms with Gasteiger partial charge < -0.3 is 11.1 Å². The van der Waals surface area contributed by atoms with E-state index < -0.39 is 6.03 Å². The lowest BCUT2D eigenvalue weighted by Gasteiger charge is -2.32. The van der Waals surface area contributed by atoms with Crippen LogP contribution in [0.25, 0.3) is 0 Å². The van der Waals surface area contributed by atoms with Crippen molar-refractivity contribution >= 4 is 11.9 Å². The molecule has 1 heterocycles. The number of carbonyl (C=O) groups excluding carboxylic acids is 2. The molecule has 0 saturated carbocycles. The molecule has 6 nitrogen and oxygen atoms in total. The maximum absolute atomic E-state index is 11.3. The summed E-state index contributed by atoms with van der Waals surface area (Å²) in [5.74, 6) is -0.329. The number of hydrogen-bond acceptors (Lipinski definition) is 4. The van der Waals surface area contributed by atoms with Crippen LogP contribution in [0.2, 0.25) is 0 Å². The molecule has 0 bridgehead atoms. The zero-order valence-electron chi connectivity index (χ0n) is 9.66. The molecule has 4 N–H and O–H groups in total. The van der Waals surface area contributed by atoms with Crippen LogP contribution in [-0.4, -0.2) is 49.1 Å². The number of likely N-dealkylation sites (N-methyl/N-ethyl adjacent to an activating group) is 1. The van der Waals surface area contributed by atoms with Crippen LogP contribution in [0.3, 0.4) is 0 Å². The molecule has 6 heteroatoms. The molecule has 16 heavy (non-hydrogen) atoms. The smallest absolute Gasteiger partial charge is 0.318 e. The quantitative estimate of drug-likeness (QED) is 0.591. The van der Waals surface area contributed by atoms with Gasteiger partial charge >= 0.3 is 6.03 Å². The van der Waals surface area contributed by atoms with Gasteiger partial charge in [-0.1, -0.05) is 6.92 Å². The van der Waals surface area contributed by atoms with Crippen LogP contribution in [0.15, 0.2) is 0 Å². The number of piperidine rings is 1. The fraction of sp³-hybridized carbons (Fsp3) is 0.800. The number of urea groups is 1. The number of imide groups is 1. The summed E-state index contributed by atoms with van der Waals surface area (Å²) in [4.78, 5) is 23.8. The third-order valence-electron chi connectivity index (χ3n) is 2.63. The van der Waals surface area contributed by atoms with E-state index in [4.69, 9.17) is 5.73 Å². The first-order chi connectivity index (χ1) is 7.61. The van der Waals surface area contributed by atoms with Crippen LogP contribution in [0, 0.1) is 0 Å². The summed E-state index contributed by atoms with van der Waals surface area (Å²) >= 11 is 0. The van der Waals surface area contributed by atoms with Crippen molar-refractivity contribution in [3.63, 3.8) is 0 Å². The molecule has 92 valence electrons. The maximum atomic E-state index is 11.3. The minimum absolute atomic E-state index is 0.241. The van der Waals surface area contributed by atoms with Crippen molar-refractivity contribution in [2.75, 3.05) is 26.2 Å². The number of nitrogens with zero attached hydrogens (tertiary/aromatic N) is 1. The van der Waals surface area contributed by atoms with Crippen molar-refractivity contribution in [3.8, 4) is 0 Å². The van der Waals surface area contributed by atoms with Crippen molar-refractivity contribution < 1.29 is 9.59 Å². The topological polar surface area (TPSA) is 87.5 Å². The fourth-order valence-electron chi connectivity index (χ4n) is 2.03. The fourth-order valence-corrected chi connectivity index (χ4v) is 2.03. The highest BCUT2D eigenvalue weighted by Crippen LogP contribution is 2.09. The molecule has 0 aliphatic carbocycles. The van der Waals surface area contributed by atoms with Gasteiger partial charge in [0.1, 0.15) is 0 Å². The Morgan fingerprint density at radius 3 is 2.88 bits per heavy atom. The zero-order valence-corrected chi connectivity index (χ0v) is 9.66. The molecule has 1 unspecified atom stereocenters. The highest BCUT2D eigenvalue weighted by Gasteiger charge is 2.20. The van der Waals surface area contributed by atoms with E-state index in [9.17, 15) is 9.59 Å². The number of amides is 3. The molecule has 1 fully saturated rings. The third kappa shape index (κ3) is 4.59. The molecule has 0 aromatic carbocycles. The lowest BCUT2D eigenvalue weighted by molar-refractivity contribution is -0.121. The average Bonchev–Trinajstić information content (AvgIpc) is 2.17. The Hall–Kier alpha value is -1.14. The second kappa shape index (κ2) is 6.44. The third-order valence-corrected chi connectivity index (χ3v) is 2.63. The van der Waals surface area contributed by atoms with Gasteiger partial charge in [-0.15, -0.1) is 0 Å². The normalized spacial score (nSPS) is 21.7. The van der Waals surface area contributed by atoms with Crippen LogP contribution >= 0.6 is 0 Å². The van der Waals surface area contributed by atoms with Gasteiger partial charge in [0, 0.05) is 12.6 Å². The molecule has 1 atom stereocenters. The van der Waals surface area contributed by atoms with Crippen molar-refractivity contribution in [2.24, 2.45) is 5.73 Å². The summed E-state index contributed by atoms with van der Waals surface area (Å²) in [6.07, 6.45) is 2.21. The number of rotatable bonds is 4. The number of primary amides is 1. The largest absolute Gasteiger partial charge is 0.351 e. The van der Waals surface area contributed by atoms with Crippen LogP contribution in [0.4, 0.5) is 4.79 Å². The predicted octanol–water partition coefficient (Wildman–Crippen LogP) is -0.745. The summed E-state index contributed by atoms with van der Waals surface area (Å²) < 4.78 is 0. The van der Waals surface area contributed by atoms with Crippen molar-refractivity contribution in [1.29, 1.82) is 0 Å². The molecule has 0 radical (unpaired) electrons. The Balaban J connectivity index is 2.31. The lowest BCUT2D eigenvalue weighted by Crippen LogP contribution is -2.49. The van der Waals surface area contributed by atoms with Crippen LogP contribution in [-0.2, 0) is 4.79 Å². The van der Waals surface area contributed by atoms with E-state index in [0.29, 0.717) is 6.04 Å². The molecule has 0 aromatic heterocycles. The summed E-state index contributed by atoms with van der Waals surface area (Å²) in [6.45, 7) is 4.99. The monoisotopic (exact) mass is 228 g/mol. The number of carbonyl (C=O) groups is 2. The van der Waals surface area contributed by atoms with E-state index in [1.807, 2.05) is 4.90 Å². The highest BCUT2D eigenvalue weighted by molar-refractivity contribution is 5.94. The van der Waals surface area contributed by atoms with E-state index in [-0.39, 0.29) is 12.5 Å².